The second-order valence-corrected chi connectivity index (χ2v) is 2.90. The summed E-state index contributed by atoms with van der Waals surface area (Å²) in [5.74, 6) is 0.0151. The van der Waals surface area contributed by atoms with Crippen molar-refractivity contribution in [2.45, 2.75) is 0 Å². The van der Waals surface area contributed by atoms with Crippen molar-refractivity contribution in [3.05, 3.63) is 30.2 Å². The SMILES string of the molecule is COc1cc(F)cc2c(N)ccnc12. The number of methoxy groups -OCH3 is 1. The molecule has 0 aliphatic carbocycles. The lowest BCUT2D eigenvalue weighted by Gasteiger charge is -2.06. The molecular formula is C10H9FN2O. The number of pyridine rings is 1. The average Bonchev–Trinajstić information content (AvgIpc) is 2.18. The number of anilines is 1. The third kappa shape index (κ3) is 1.25. The maximum Gasteiger partial charge on any atom is 0.148 e. The van der Waals surface area contributed by atoms with Gasteiger partial charge in [0.05, 0.1) is 7.11 Å². The van der Waals surface area contributed by atoms with E-state index in [1.54, 1.807) is 12.3 Å². The number of nitrogen functional groups attached to an aromatic ring is 1. The first kappa shape index (κ1) is 8.74. The van der Waals surface area contributed by atoms with E-state index in [2.05, 4.69) is 4.98 Å². The van der Waals surface area contributed by atoms with Gasteiger partial charge in [-0.1, -0.05) is 0 Å². The van der Waals surface area contributed by atoms with Crippen LogP contribution in [0.2, 0.25) is 0 Å². The first-order valence-corrected chi connectivity index (χ1v) is 4.10. The molecular weight excluding hydrogens is 183 g/mol. The van der Waals surface area contributed by atoms with Gasteiger partial charge in [-0.2, -0.15) is 0 Å². The number of nitrogens with two attached hydrogens (primary N) is 1. The van der Waals surface area contributed by atoms with E-state index in [-0.39, 0.29) is 5.82 Å². The molecule has 0 aliphatic heterocycles. The number of hydrogen-bond donors (Lipinski definition) is 1. The van der Waals surface area contributed by atoms with Crippen molar-refractivity contribution in [3.8, 4) is 5.75 Å². The zero-order valence-corrected chi connectivity index (χ0v) is 7.62. The minimum atomic E-state index is -0.381. The Morgan fingerprint density at radius 1 is 1.43 bits per heavy atom. The average molecular weight is 192 g/mol. The minimum absolute atomic E-state index is 0.381. The van der Waals surface area contributed by atoms with Gasteiger partial charge in [-0.05, 0) is 12.1 Å². The molecule has 0 unspecified atom stereocenters. The Morgan fingerprint density at radius 3 is 2.93 bits per heavy atom. The number of rotatable bonds is 1. The molecule has 1 heterocycles. The summed E-state index contributed by atoms with van der Waals surface area (Å²) in [5.41, 5.74) is 6.76. The number of aromatic nitrogens is 1. The number of benzene rings is 1. The van der Waals surface area contributed by atoms with Crippen LogP contribution in [0.5, 0.6) is 5.75 Å². The topological polar surface area (TPSA) is 48.1 Å². The molecule has 2 aromatic rings. The van der Waals surface area contributed by atoms with Crippen LogP contribution >= 0.6 is 0 Å². The fourth-order valence-corrected chi connectivity index (χ4v) is 1.36. The molecule has 14 heavy (non-hydrogen) atoms. The Bertz CT molecular complexity index is 485. The van der Waals surface area contributed by atoms with Crippen molar-refractivity contribution in [1.82, 2.24) is 4.98 Å². The standard InChI is InChI=1S/C10H9FN2O/c1-14-9-5-6(11)4-7-8(12)2-3-13-10(7)9/h2-5H,1H3,(H2,12,13). The van der Waals surface area contributed by atoms with E-state index >= 15 is 0 Å². The molecule has 0 saturated heterocycles. The van der Waals surface area contributed by atoms with E-state index in [1.807, 2.05) is 0 Å². The number of nitrogens with zero attached hydrogens (tertiary/aromatic N) is 1. The summed E-state index contributed by atoms with van der Waals surface area (Å²) in [7, 11) is 1.47. The van der Waals surface area contributed by atoms with Gasteiger partial charge in [-0.3, -0.25) is 4.98 Å². The molecule has 0 saturated carbocycles. The van der Waals surface area contributed by atoms with Crippen LogP contribution in [-0.4, -0.2) is 12.1 Å². The number of ether oxygens (including phenoxy) is 1. The van der Waals surface area contributed by atoms with E-state index in [4.69, 9.17) is 10.5 Å². The molecule has 0 spiro atoms. The smallest absolute Gasteiger partial charge is 0.148 e. The summed E-state index contributed by atoms with van der Waals surface area (Å²) < 4.78 is 18.1. The lowest BCUT2D eigenvalue weighted by Crippen LogP contribution is -1.93. The summed E-state index contributed by atoms with van der Waals surface area (Å²) in [6.45, 7) is 0. The molecule has 0 bridgehead atoms. The molecule has 0 atom stereocenters. The third-order valence-corrected chi connectivity index (χ3v) is 2.03. The maximum atomic E-state index is 13.1. The van der Waals surface area contributed by atoms with Gasteiger partial charge >= 0.3 is 0 Å². The minimum Gasteiger partial charge on any atom is -0.494 e. The molecule has 0 amide bonds. The normalized spacial score (nSPS) is 10.4. The number of halogens is 1. The molecule has 0 radical (unpaired) electrons. The number of fused-ring (bicyclic) bond motifs is 1. The highest BCUT2D eigenvalue weighted by Crippen LogP contribution is 2.28. The zero-order valence-electron chi connectivity index (χ0n) is 7.62. The highest BCUT2D eigenvalue weighted by atomic mass is 19.1. The summed E-state index contributed by atoms with van der Waals surface area (Å²) in [5, 5.41) is 0.573. The van der Waals surface area contributed by atoms with Crippen LogP contribution in [0.4, 0.5) is 10.1 Å². The van der Waals surface area contributed by atoms with E-state index in [9.17, 15) is 4.39 Å². The molecule has 1 aromatic heterocycles. The summed E-state index contributed by atoms with van der Waals surface area (Å²) in [6, 6.07) is 4.26. The van der Waals surface area contributed by atoms with Gasteiger partial charge < -0.3 is 10.5 Å². The quantitative estimate of drug-likeness (QED) is 0.751. The molecule has 4 heteroatoms. The van der Waals surface area contributed by atoms with Gasteiger partial charge in [0.1, 0.15) is 17.1 Å². The lowest BCUT2D eigenvalue weighted by atomic mass is 10.1. The van der Waals surface area contributed by atoms with Gasteiger partial charge in [0, 0.05) is 23.3 Å². The predicted molar refractivity (Wildman–Crippen MR) is 52.7 cm³/mol. The Kier molecular flexibility index (Phi) is 1.96. The molecule has 0 fully saturated rings. The van der Waals surface area contributed by atoms with Crippen molar-refractivity contribution < 1.29 is 9.13 Å². The molecule has 3 nitrogen and oxygen atoms in total. The van der Waals surface area contributed by atoms with Crippen LogP contribution in [0.1, 0.15) is 0 Å². The Morgan fingerprint density at radius 2 is 2.21 bits per heavy atom. The zero-order chi connectivity index (χ0) is 10.1. The summed E-state index contributed by atoms with van der Waals surface area (Å²) in [6.07, 6.45) is 1.57. The largest absolute Gasteiger partial charge is 0.494 e. The molecule has 1 aromatic carbocycles. The van der Waals surface area contributed by atoms with Crippen molar-refractivity contribution in [1.29, 1.82) is 0 Å². The Hall–Kier alpha value is -1.84. The highest BCUT2D eigenvalue weighted by molar-refractivity contribution is 5.93. The van der Waals surface area contributed by atoms with Crippen LogP contribution in [0, 0.1) is 5.82 Å². The Labute approximate surface area is 80.3 Å². The number of hydrogen-bond acceptors (Lipinski definition) is 3. The van der Waals surface area contributed by atoms with E-state index in [0.717, 1.165) is 0 Å². The Balaban J connectivity index is 2.87. The highest BCUT2D eigenvalue weighted by Gasteiger charge is 2.07. The van der Waals surface area contributed by atoms with Gasteiger partial charge in [0.25, 0.3) is 0 Å². The van der Waals surface area contributed by atoms with Crippen molar-refractivity contribution in [2.24, 2.45) is 0 Å². The second kappa shape index (κ2) is 3.14. The second-order valence-electron chi connectivity index (χ2n) is 2.90. The van der Waals surface area contributed by atoms with Crippen LogP contribution in [0.15, 0.2) is 24.4 Å². The maximum absolute atomic E-state index is 13.1. The van der Waals surface area contributed by atoms with Gasteiger partial charge in [0.15, 0.2) is 0 Å². The van der Waals surface area contributed by atoms with E-state index in [1.165, 1.54) is 19.2 Å². The van der Waals surface area contributed by atoms with Crippen LogP contribution in [0.25, 0.3) is 10.9 Å². The lowest BCUT2D eigenvalue weighted by molar-refractivity contribution is 0.415. The molecule has 0 aliphatic rings. The molecule has 72 valence electrons. The third-order valence-electron chi connectivity index (χ3n) is 2.03. The summed E-state index contributed by atoms with van der Waals surface area (Å²) >= 11 is 0. The van der Waals surface area contributed by atoms with Gasteiger partial charge in [0.2, 0.25) is 0 Å². The van der Waals surface area contributed by atoms with E-state index in [0.29, 0.717) is 22.3 Å². The molecule has 2 N–H and O–H groups in total. The van der Waals surface area contributed by atoms with Crippen LogP contribution in [0.3, 0.4) is 0 Å². The molecule has 2 rings (SSSR count). The predicted octanol–water partition coefficient (Wildman–Crippen LogP) is 1.96. The van der Waals surface area contributed by atoms with Crippen LogP contribution in [-0.2, 0) is 0 Å². The van der Waals surface area contributed by atoms with Crippen molar-refractivity contribution in [2.75, 3.05) is 12.8 Å². The first-order valence-electron chi connectivity index (χ1n) is 4.10. The van der Waals surface area contributed by atoms with Crippen molar-refractivity contribution >= 4 is 16.6 Å². The fraction of sp³-hybridized carbons (Fsp3) is 0.100. The van der Waals surface area contributed by atoms with Crippen LogP contribution < -0.4 is 10.5 Å². The van der Waals surface area contributed by atoms with Gasteiger partial charge in [-0.25, -0.2) is 4.39 Å². The van der Waals surface area contributed by atoms with Gasteiger partial charge in [-0.15, -0.1) is 0 Å². The first-order chi connectivity index (χ1) is 6.72. The fourth-order valence-electron chi connectivity index (χ4n) is 1.36. The monoisotopic (exact) mass is 192 g/mol. The summed E-state index contributed by atoms with van der Waals surface area (Å²) in [4.78, 5) is 4.08. The van der Waals surface area contributed by atoms with E-state index < -0.39 is 0 Å². The van der Waals surface area contributed by atoms with Crippen molar-refractivity contribution in [3.63, 3.8) is 0 Å².